The van der Waals surface area contributed by atoms with Gasteiger partial charge in [-0.05, 0) is 36.6 Å². The largest absolute Gasteiger partial charge is 0.399 e. The van der Waals surface area contributed by atoms with E-state index in [1.807, 2.05) is 30.5 Å². The first-order valence-electron chi connectivity index (χ1n) is 6.05. The van der Waals surface area contributed by atoms with E-state index in [9.17, 15) is 0 Å². The molecule has 1 heterocycles. The van der Waals surface area contributed by atoms with Crippen LogP contribution in [0.4, 0.5) is 11.4 Å². The lowest BCUT2D eigenvalue weighted by atomic mass is 10.1. The second-order valence-electron chi connectivity index (χ2n) is 4.74. The fraction of sp³-hybridized carbons (Fsp3) is 0.357. The maximum atomic E-state index is 5.75. The molecule has 0 fully saturated rings. The van der Waals surface area contributed by atoms with Gasteiger partial charge in [0.1, 0.15) is 0 Å². The van der Waals surface area contributed by atoms with Gasteiger partial charge in [-0.25, -0.2) is 0 Å². The number of hydrogen-bond acceptors (Lipinski definition) is 3. The van der Waals surface area contributed by atoms with E-state index in [4.69, 9.17) is 5.73 Å². The van der Waals surface area contributed by atoms with Gasteiger partial charge in [0.15, 0.2) is 0 Å². The predicted molar refractivity (Wildman–Crippen MR) is 74.1 cm³/mol. The quantitative estimate of drug-likeness (QED) is 0.791. The van der Waals surface area contributed by atoms with Gasteiger partial charge in [-0.2, -0.15) is 0 Å². The van der Waals surface area contributed by atoms with Gasteiger partial charge in [0.05, 0.1) is 5.52 Å². The average molecular weight is 229 g/mol. The average Bonchev–Trinajstić information content (AvgIpc) is 2.28. The van der Waals surface area contributed by atoms with Crippen molar-refractivity contribution in [2.24, 2.45) is 5.92 Å². The Morgan fingerprint density at radius 2 is 2.12 bits per heavy atom. The molecule has 1 aromatic carbocycles. The van der Waals surface area contributed by atoms with E-state index in [1.54, 1.807) is 0 Å². The molecule has 90 valence electrons. The van der Waals surface area contributed by atoms with Crippen LogP contribution < -0.4 is 11.1 Å². The maximum Gasteiger partial charge on any atom is 0.0743 e. The van der Waals surface area contributed by atoms with E-state index >= 15 is 0 Å². The molecule has 3 nitrogen and oxygen atoms in total. The van der Waals surface area contributed by atoms with E-state index in [-0.39, 0.29) is 0 Å². The lowest BCUT2D eigenvalue weighted by Crippen LogP contribution is -2.05. The van der Waals surface area contributed by atoms with E-state index in [2.05, 4.69) is 24.1 Å². The highest BCUT2D eigenvalue weighted by atomic mass is 14.9. The van der Waals surface area contributed by atoms with Crippen molar-refractivity contribution in [3.8, 4) is 0 Å². The van der Waals surface area contributed by atoms with Gasteiger partial charge in [-0.1, -0.05) is 13.8 Å². The van der Waals surface area contributed by atoms with Gasteiger partial charge in [0.25, 0.3) is 0 Å². The number of benzene rings is 1. The summed E-state index contributed by atoms with van der Waals surface area (Å²) in [6.45, 7) is 5.45. The molecule has 0 aliphatic rings. The van der Waals surface area contributed by atoms with Gasteiger partial charge < -0.3 is 11.1 Å². The van der Waals surface area contributed by atoms with Crippen LogP contribution in [0.3, 0.4) is 0 Å². The summed E-state index contributed by atoms with van der Waals surface area (Å²) in [5.74, 6) is 0.714. The smallest absolute Gasteiger partial charge is 0.0743 e. The Labute approximate surface area is 102 Å². The Morgan fingerprint density at radius 1 is 1.29 bits per heavy atom. The third kappa shape index (κ3) is 2.87. The molecule has 2 rings (SSSR count). The van der Waals surface area contributed by atoms with Gasteiger partial charge in [0, 0.05) is 29.5 Å². The Balaban J connectivity index is 2.22. The van der Waals surface area contributed by atoms with Crippen molar-refractivity contribution in [1.82, 2.24) is 4.98 Å². The minimum atomic E-state index is 0.714. The SMILES string of the molecule is CC(C)CCNc1ccnc2cc(N)ccc12. The second-order valence-corrected chi connectivity index (χ2v) is 4.74. The first-order valence-corrected chi connectivity index (χ1v) is 6.05. The van der Waals surface area contributed by atoms with Crippen LogP contribution in [0.15, 0.2) is 30.5 Å². The van der Waals surface area contributed by atoms with Gasteiger partial charge in [-0.15, -0.1) is 0 Å². The molecule has 17 heavy (non-hydrogen) atoms. The Bertz CT molecular complexity index is 506. The Hall–Kier alpha value is -1.77. The summed E-state index contributed by atoms with van der Waals surface area (Å²) in [6.07, 6.45) is 2.98. The molecule has 0 saturated heterocycles. The van der Waals surface area contributed by atoms with Crippen molar-refractivity contribution in [2.45, 2.75) is 20.3 Å². The van der Waals surface area contributed by atoms with Gasteiger partial charge >= 0.3 is 0 Å². The Kier molecular flexibility index (Phi) is 3.47. The molecule has 0 unspecified atom stereocenters. The van der Waals surface area contributed by atoms with Crippen LogP contribution in [-0.2, 0) is 0 Å². The zero-order valence-corrected chi connectivity index (χ0v) is 10.4. The van der Waals surface area contributed by atoms with Crippen molar-refractivity contribution >= 4 is 22.3 Å². The van der Waals surface area contributed by atoms with E-state index in [0.717, 1.165) is 28.8 Å². The van der Waals surface area contributed by atoms with Crippen LogP contribution in [0, 0.1) is 5.92 Å². The van der Waals surface area contributed by atoms with Crippen molar-refractivity contribution in [1.29, 1.82) is 0 Å². The number of anilines is 2. The monoisotopic (exact) mass is 229 g/mol. The van der Waals surface area contributed by atoms with Crippen LogP contribution in [-0.4, -0.2) is 11.5 Å². The maximum absolute atomic E-state index is 5.75. The zero-order valence-electron chi connectivity index (χ0n) is 10.4. The predicted octanol–water partition coefficient (Wildman–Crippen LogP) is 3.28. The summed E-state index contributed by atoms with van der Waals surface area (Å²) in [5.41, 5.74) is 8.59. The molecule has 0 amide bonds. The van der Waals surface area contributed by atoms with Gasteiger partial charge in [0.2, 0.25) is 0 Å². The fourth-order valence-corrected chi connectivity index (χ4v) is 1.81. The van der Waals surface area contributed by atoms with Crippen LogP contribution in [0.25, 0.3) is 10.9 Å². The molecule has 1 aromatic heterocycles. The third-order valence-electron chi connectivity index (χ3n) is 2.80. The summed E-state index contributed by atoms with van der Waals surface area (Å²) in [5, 5.41) is 4.59. The van der Waals surface area contributed by atoms with Gasteiger partial charge in [-0.3, -0.25) is 4.98 Å². The number of nitrogens with one attached hydrogen (secondary N) is 1. The van der Waals surface area contributed by atoms with Crippen molar-refractivity contribution in [3.05, 3.63) is 30.5 Å². The first kappa shape index (κ1) is 11.7. The number of rotatable bonds is 4. The number of nitrogens with two attached hydrogens (primary N) is 1. The number of pyridine rings is 1. The number of aromatic nitrogens is 1. The normalized spacial score (nSPS) is 11.0. The number of nitrogens with zero attached hydrogens (tertiary/aromatic N) is 1. The molecule has 0 bridgehead atoms. The Morgan fingerprint density at radius 3 is 2.88 bits per heavy atom. The van der Waals surface area contributed by atoms with Crippen molar-refractivity contribution in [3.63, 3.8) is 0 Å². The molecular weight excluding hydrogens is 210 g/mol. The van der Waals surface area contributed by atoms with Crippen molar-refractivity contribution in [2.75, 3.05) is 17.6 Å². The molecule has 0 aliphatic heterocycles. The van der Waals surface area contributed by atoms with E-state index in [1.165, 1.54) is 6.42 Å². The molecule has 0 atom stereocenters. The number of hydrogen-bond donors (Lipinski definition) is 2. The molecule has 2 aromatic rings. The third-order valence-corrected chi connectivity index (χ3v) is 2.80. The van der Waals surface area contributed by atoms with Crippen LogP contribution in [0.5, 0.6) is 0 Å². The van der Waals surface area contributed by atoms with Crippen LogP contribution in [0.2, 0.25) is 0 Å². The minimum absolute atomic E-state index is 0.714. The highest BCUT2D eigenvalue weighted by Crippen LogP contribution is 2.23. The van der Waals surface area contributed by atoms with Crippen LogP contribution in [0.1, 0.15) is 20.3 Å². The van der Waals surface area contributed by atoms with Crippen LogP contribution >= 0.6 is 0 Å². The summed E-state index contributed by atoms with van der Waals surface area (Å²) in [4.78, 5) is 4.33. The molecular formula is C14H19N3. The molecule has 0 aliphatic carbocycles. The topological polar surface area (TPSA) is 50.9 Å². The summed E-state index contributed by atoms with van der Waals surface area (Å²) >= 11 is 0. The van der Waals surface area contributed by atoms with Crippen molar-refractivity contribution < 1.29 is 0 Å². The highest BCUT2D eigenvalue weighted by Gasteiger charge is 2.02. The number of nitrogen functional groups attached to an aromatic ring is 1. The highest BCUT2D eigenvalue weighted by molar-refractivity contribution is 5.92. The lowest BCUT2D eigenvalue weighted by molar-refractivity contribution is 0.607. The first-order chi connectivity index (χ1) is 8.16. The summed E-state index contributed by atoms with van der Waals surface area (Å²) in [7, 11) is 0. The molecule has 0 radical (unpaired) electrons. The fourth-order valence-electron chi connectivity index (χ4n) is 1.81. The number of fused-ring (bicyclic) bond motifs is 1. The van der Waals surface area contributed by atoms with E-state index in [0.29, 0.717) is 5.92 Å². The standard InChI is InChI=1S/C14H19N3/c1-10(2)5-7-16-13-6-8-17-14-9-11(15)3-4-12(13)14/h3-4,6,8-10H,5,7,15H2,1-2H3,(H,16,17). The zero-order chi connectivity index (χ0) is 12.3. The molecule has 3 heteroatoms. The molecule has 0 saturated carbocycles. The van der Waals surface area contributed by atoms with E-state index < -0.39 is 0 Å². The molecule has 0 spiro atoms. The molecule has 3 N–H and O–H groups in total. The minimum Gasteiger partial charge on any atom is -0.399 e. The second kappa shape index (κ2) is 5.04. The lowest BCUT2D eigenvalue weighted by Gasteiger charge is -2.10. The summed E-state index contributed by atoms with van der Waals surface area (Å²) < 4.78 is 0. The summed E-state index contributed by atoms with van der Waals surface area (Å²) in [6, 6.07) is 7.86.